The molecule has 1 atom stereocenters. The molecule has 0 aromatic carbocycles. The number of aryl methyl sites for hydroxylation is 1. The third-order valence-corrected chi connectivity index (χ3v) is 3.72. The van der Waals surface area contributed by atoms with Crippen LogP contribution in [0, 0.1) is 12.8 Å². The van der Waals surface area contributed by atoms with Crippen molar-refractivity contribution in [3.63, 3.8) is 0 Å². The first-order valence-corrected chi connectivity index (χ1v) is 6.78. The number of hydrogen-bond acceptors (Lipinski definition) is 5. The van der Waals surface area contributed by atoms with Gasteiger partial charge in [-0.05, 0) is 32.6 Å². The summed E-state index contributed by atoms with van der Waals surface area (Å²) < 4.78 is 0. The standard InChI is InChI=1S/C13H23N5/c1-9(11-6-4-3-5-7-11)15-12-8-13(18-14)17-10(2)16-12/h8-9,11H,3-7,14H2,1-2H3,(H2,15,16,17,18). The quantitative estimate of drug-likeness (QED) is 0.564. The van der Waals surface area contributed by atoms with Crippen molar-refractivity contribution in [3.05, 3.63) is 11.9 Å². The van der Waals surface area contributed by atoms with Crippen molar-refractivity contribution in [2.24, 2.45) is 11.8 Å². The van der Waals surface area contributed by atoms with Gasteiger partial charge in [0.25, 0.3) is 0 Å². The van der Waals surface area contributed by atoms with E-state index in [0.29, 0.717) is 11.9 Å². The van der Waals surface area contributed by atoms with Crippen LogP contribution in [-0.4, -0.2) is 16.0 Å². The Morgan fingerprint density at radius 1 is 1.22 bits per heavy atom. The minimum absolute atomic E-state index is 0.449. The zero-order valence-corrected chi connectivity index (χ0v) is 11.2. The fourth-order valence-electron chi connectivity index (χ4n) is 2.70. The minimum Gasteiger partial charge on any atom is -0.367 e. The van der Waals surface area contributed by atoms with E-state index in [1.54, 1.807) is 0 Å². The molecule has 2 rings (SSSR count). The third kappa shape index (κ3) is 3.32. The molecule has 1 heterocycles. The van der Waals surface area contributed by atoms with Crippen molar-refractivity contribution in [2.75, 3.05) is 10.7 Å². The maximum atomic E-state index is 5.39. The highest BCUT2D eigenvalue weighted by atomic mass is 15.3. The smallest absolute Gasteiger partial charge is 0.145 e. The largest absolute Gasteiger partial charge is 0.367 e. The number of hydrazine groups is 1. The molecule has 0 spiro atoms. The number of hydrogen-bond donors (Lipinski definition) is 3. The Bertz CT molecular complexity index is 387. The molecule has 1 aliphatic rings. The van der Waals surface area contributed by atoms with Crippen molar-refractivity contribution in [1.29, 1.82) is 0 Å². The van der Waals surface area contributed by atoms with E-state index < -0.39 is 0 Å². The van der Waals surface area contributed by atoms with Gasteiger partial charge < -0.3 is 10.7 Å². The lowest BCUT2D eigenvalue weighted by Crippen LogP contribution is -2.28. The van der Waals surface area contributed by atoms with Gasteiger partial charge in [-0.25, -0.2) is 15.8 Å². The van der Waals surface area contributed by atoms with Gasteiger partial charge in [-0.1, -0.05) is 19.3 Å². The van der Waals surface area contributed by atoms with Crippen molar-refractivity contribution < 1.29 is 0 Å². The molecule has 0 aliphatic heterocycles. The molecule has 1 saturated carbocycles. The van der Waals surface area contributed by atoms with E-state index in [1.807, 2.05) is 13.0 Å². The van der Waals surface area contributed by atoms with Crippen LogP contribution in [0.2, 0.25) is 0 Å². The van der Waals surface area contributed by atoms with Crippen molar-refractivity contribution in [2.45, 2.75) is 52.0 Å². The van der Waals surface area contributed by atoms with Gasteiger partial charge in [0.1, 0.15) is 17.5 Å². The first kappa shape index (κ1) is 13.1. The Hall–Kier alpha value is -1.36. The molecule has 1 unspecified atom stereocenters. The predicted octanol–water partition coefficient (Wildman–Crippen LogP) is 2.45. The summed E-state index contributed by atoms with van der Waals surface area (Å²) in [5.74, 6) is 8.38. The highest BCUT2D eigenvalue weighted by Crippen LogP contribution is 2.27. The van der Waals surface area contributed by atoms with Crippen molar-refractivity contribution in [1.82, 2.24) is 9.97 Å². The molecular weight excluding hydrogens is 226 g/mol. The molecule has 5 heteroatoms. The second-order valence-electron chi connectivity index (χ2n) is 5.16. The molecule has 4 N–H and O–H groups in total. The van der Waals surface area contributed by atoms with Crippen LogP contribution in [0.15, 0.2) is 6.07 Å². The monoisotopic (exact) mass is 249 g/mol. The first-order valence-electron chi connectivity index (χ1n) is 6.78. The molecule has 5 nitrogen and oxygen atoms in total. The van der Waals surface area contributed by atoms with E-state index in [2.05, 4.69) is 27.6 Å². The first-order chi connectivity index (χ1) is 8.69. The van der Waals surface area contributed by atoms with Gasteiger partial charge in [-0.3, -0.25) is 0 Å². The summed E-state index contributed by atoms with van der Waals surface area (Å²) in [5, 5.41) is 3.48. The summed E-state index contributed by atoms with van der Waals surface area (Å²) in [4.78, 5) is 8.58. The van der Waals surface area contributed by atoms with Gasteiger partial charge in [0.2, 0.25) is 0 Å². The lowest BCUT2D eigenvalue weighted by atomic mass is 9.84. The Balaban J connectivity index is 2.01. The van der Waals surface area contributed by atoms with Gasteiger partial charge in [0, 0.05) is 12.1 Å². The average molecular weight is 249 g/mol. The Morgan fingerprint density at radius 3 is 2.56 bits per heavy atom. The van der Waals surface area contributed by atoms with Crippen LogP contribution in [0.5, 0.6) is 0 Å². The van der Waals surface area contributed by atoms with Crippen molar-refractivity contribution in [3.8, 4) is 0 Å². The van der Waals surface area contributed by atoms with Gasteiger partial charge in [0.05, 0.1) is 0 Å². The number of anilines is 2. The molecule has 0 radical (unpaired) electrons. The molecule has 1 aromatic rings. The number of nitrogens with one attached hydrogen (secondary N) is 2. The van der Waals surface area contributed by atoms with Crippen LogP contribution in [0.1, 0.15) is 44.9 Å². The summed E-state index contributed by atoms with van der Waals surface area (Å²) >= 11 is 0. The fraction of sp³-hybridized carbons (Fsp3) is 0.692. The van der Waals surface area contributed by atoms with Gasteiger partial charge in [0.15, 0.2) is 0 Å². The van der Waals surface area contributed by atoms with E-state index in [9.17, 15) is 0 Å². The molecule has 0 saturated heterocycles. The molecule has 1 fully saturated rings. The molecular formula is C13H23N5. The lowest BCUT2D eigenvalue weighted by Gasteiger charge is -2.28. The maximum Gasteiger partial charge on any atom is 0.145 e. The summed E-state index contributed by atoms with van der Waals surface area (Å²) in [6, 6.07) is 2.30. The summed E-state index contributed by atoms with van der Waals surface area (Å²) in [6.07, 6.45) is 6.74. The highest BCUT2D eigenvalue weighted by molar-refractivity contribution is 5.47. The van der Waals surface area contributed by atoms with Crippen LogP contribution >= 0.6 is 0 Å². The van der Waals surface area contributed by atoms with Gasteiger partial charge >= 0.3 is 0 Å². The lowest BCUT2D eigenvalue weighted by molar-refractivity contribution is 0.328. The van der Waals surface area contributed by atoms with Crippen LogP contribution in [-0.2, 0) is 0 Å². The van der Waals surface area contributed by atoms with E-state index in [0.717, 1.165) is 17.6 Å². The van der Waals surface area contributed by atoms with Crippen LogP contribution in [0.25, 0.3) is 0 Å². The molecule has 100 valence electrons. The number of nitrogens with two attached hydrogens (primary N) is 1. The minimum atomic E-state index is 0.449. The highest BCUT2D eigenvalue weighted by Gasteiger charge is 2.20. The van der Waals surface area contributed by atoms with Crippen LogP contribution < -0.4 is 16.6 Å². The Morgan fingerprint density at radius 2 is 1.89 bits per heavy atom. The predicted molar refractivity (Wildman–Crippen MR) is 74.2 cm³/mol. The van der Waals surface area contributed by atoms with Crippen molar-refractivity contribution >= 4 is 11.6 Å². The van der Waals surface area contributed by atoms with E-state index >= 15 is 0 Å². The number of rotatable bonds is 4. The van der Waals surface area contributed by atoms with Crippen LogP contribution in [0.4, 0.5) is 11.6 Å². The van der Waals surface area contributed by atoms with Crippen LogP contribution in [0.3, 0.4) is 0 Å². The normalized spacial score (nSPS) is 18.4. The molecule has 0 amide bonds. The third-order valence-electron chi connectivity index (χ3n) is 3.72. The second-order valence-corrected chi connectivity index (χ2v) is 5.16. The van der Waals surface area contributed by atoms with Gasteiger partial charge in [-0.2, -0.15) is 0 Å². The molecule has 0 bridgehead atoms. The van der Waals surface area contributed by atoms with E-state index in [-0.39, 0.29) is 0 Å². The zero-order chi connectivity index (χ0) is 13.0. The number of aromatic nitrogens is 2. The summed E-state index contributed by atoms with van der Waals surface area (Å²) in [6.45, 7) is 4.11. The number of nitrogens with zero attached hydrogens (tertiary/aromatic N) is 2. The fourth-order valence-corrected chi connectivity index (χ4v) is 2.70. The second kappa shape index (κ2) is 6.00. The summed E-state index contributed by atoms with van der Waals surface area (Å²) in [7, 11) is 0. The SMILES string of the molecule is Cc1nc(NN)cc(NC(C)C2CCCCC2)n1. The Labute approximate surface area is 109 Å². The maximum absolute atomic E-state index is 5.39. The van der Waals surface area contributed by atoms with E-state index in [4.69, 9.17) is 5.84 Å². The van der Waals surface area contributed by atoms with E-state index in [1.165, 1.54) is 32.1 Å². The summed E-state index contributed by atoms with van der Waals surface area (Å²) in [5.41, 5.74) is 2.57. The topological polar surface area (TPSA) is 75.9 Å². The molecule has 1 aromatic heterocycles. The van der Waals surface area contributed by atoms with Gasteiger partial charge in [-0.15, -0.1) is 0 Å². The molecule has 18 heavy (non-hydrogen) atoms. The number of nitrogen functional groups attached to an aromatic ring is 1. The Kier molecular flexibility index (Phi) is 4.36. The zero-order valence-electron chi connectivity index (χ0n) is 11.2. The molecule has 1 aliphatic carbocycles. The average Bonchev–Trinajstić information content (AvgIpc) is 2.39.